The van der Waals surface area contributed by atoms with Crippen molar-refractivity contribution >= 4 is 29.2 Å². The maximum atomic E-state index is 12.0. The molecular weight excluding hydrogens is 281 g/mol. The van der Waals surface area contributed by atoms with E-state index in [4.69, 9.17) is 28.3 Å². The standard InChI is InChI=1S/C9H6Cl2F2O4/c10-5-2-3(17-9(12)13)1-4(6(5)11)7(14)8(15)16/h1-2,7,9,14H,(H,15,16)/t7-/m0/s1. The fourth-order valence-electron chi connectivity index (χ4n) is 1.09. The maximum absolute atomic E-state index is 12.0. The summed E-state index contributed by atoms with van der Waals surface area (Å²) < 4.78 is 28.0. The second kappa shape index (κ2) is 5.48. The number of hydrogen-bond donors (Lipinski definition) is 2. The first kappa shape index (κ1) is 14.0. The average Bonchev–Trinajstić information content (AvgIpc) is 2.21. The van der Waals surface area contributed by atoms with E-state index in [2.05, 4.69) is 4.74 Å². The minimum atomic E-state index is -3.10. The Morgan fingerprint density at radius 2 is 1.94 bits per heavy atom. The molecule has 0 heterocycles. The SMILES string of the molecule is O=C(O)[C@@H](O)c1cc(OC(F)F)cc(Cl)c1Cl. The van der Waals surface area contributed by atoms with Crippen LogP contribution in [0.5, 0.6) is 5.75 Å². The van der Waals surface area contributed by atoms with Gasteiger partial charge in [0.15, 0.2) is 6.10 Å². The van der Waals surface area contributed by atoms with E-state index in [1.807, 2.05) is 0 Å². The van der Waals surface area contributed by atoms with Crippen LogP contribution in [0.15, 0.2) is 12.1 Å². The molecule has 8 heteroatoms. The van der Waals surface area contributed by atoms with E-state index in [-0.39, 0.29) is 21.4 Å². The van der Waals surface area contributed by atoms with E-state index < -0.39 is 18.7 Å². The number of halogens is 4. The molecule has 0 radical (unpaired) electrons. The number of aliphatic hydroxyl groups is 1. The van der Waals surface area contributed by atoms with Crippen molar-refractivity contribution in [2.75, 3.05) is 0 Å². The van der Waals surface area contributed by atoms with Gasteiger partial charge in [0.25, 0.3) is 0 Å². The summed E-state index contributed by atoms with van der Waals surface area (Å²) in [5.41, 5.74) is -0.317. The van der Waals surface area contributed by atoms with E-state index >= 15 is 0 Å². The minimum Gasteiger partial charge on any atom is -0.479 e. The molecule has 0 amide bonds. The van der Waals surface area contributed by atoms with E-state index in [9.17, 15) is 18.7 Å². The number of hydrogen-bond acceptors (Lipinski definition) is 3. The second-order valence-corrected chi connectivity index (χ2v) is 3.71. The van der Waals surface area contributed by atoms with Crippen molar-refractivity contribution < 1.29 is 28.5 Å². The Labute approximate surface area is 104 Å². The van der Waals surface area contributed by atoms with E-state index in [0.29, 0.717) is 0 Å². The average molecular weight is 287 g/mol. The first-order valence-corrected chi connectivity index (χ1v) is 4.93. The number of benzene rings is 1. The number of carbonyl (C=O) groups is 1. The smallest absolute Gasteiger partial charge is 0.387 e. The zero-order valence-corrected chi connectivity index (χ0v) is 9.54. The van der Waals surface area contributed by atoms with Crippen molar-refractivity contribution in [1.29, 1.82) is 0 Å². The number of alkyl halides is 2. The lowest BCUT2D eigenvalue weighted by molar-refractivity contribution is -0.146. The summed E-state index contributed by atoms with van der Waals surface area (Å²) in [5.74, 6) is -1.97. The molecule has 1 aromatic rings. The van der Waals surface area contributed by atoms with Gasteiger partial charge in [0, 0.05) is 11.6 Å². The first-order chi connectivity index (χ1) is 7.82. The molecule has 0 saturated heterocycles. The lowest BCUT2D eigenvalue weighted by atomic mass is 10.1. The summed E-state index contributed by atoms with van der Waals surface area (Å²) in [5, 5.41) is 17.4. The third-order valence-electron chi connectivity index (χ3n) is 1.78. The highest BCUT2D eigenvalue weighted by Crippen LogP contribution is 2.35. The predicted octanol–water partition coefficient (Wildman–Crippen LogP) is 2.71. The van der Waals surface area contributed by atoms with Crippen LogP contribution in [0.25, 0.3) is 0 Å². The number of carboxylic acid groups (broad SMARTS) is 1. The van der Waals surface area contributed by atoms with Crippen LogP contribution in [-0.4, -0.2) is 22.8 Å². The fourth-order valence-corrected chi connectivity index (χ4v) is 1.52. The fraction of sp³-hybridized carbons (Fsp3) is 0.222. The van der Waals surface area contributed by atoms with Gasteiger partial charge in [-0.1, -0.05) is 23.2 Å². The van der Waals surface area contributed by atoms with Crippen molar-refractivity contribution in [3.63, 3.8) is 0 Å². The summed E-state index contributed by atoms with van der Waals surface area (Å²) >= 11 is 11.2. The van der Waals surface area contributed by atoms with Crippen LogP contribution in [0.3, 0.4) is 0 Å². The number of aliphatic hydroxyl groups excluding tert-OH is 1. The highest BCUT2D eigenvalue weighted by atomic mass is 35.5. The zero-order chi connectivity index (χ0) is 13.2. The molecule has 4 nitrogen and oxygen atoms in total. The van der Waals surface area contributed by atoms with Crippen molar-refractivity contribution in [3.05, 3.63) is 27.7 Å². The Hall–Kier alpha value is -1.11. The van der Waals surface area contributed by atoms with E-state index in [0.717, 1.165) is 12.1 Å². The van der Waals surface area contributed by atoms with Crippen LogP contribution >= 0.6 is 23.2 Å². The number of rotatable bonds is 4. The minimum absolute atomic E-state index is 0.194. The van der Waals surface area contributed by atoms with Gasteiger partial charge in [0.1, 0.15) is 5.75 Å². The van der Waals surface area contributed by atoms with Crippen LogP contribution < -0.4 is 4.74 Å². The summed E-state index contributed by atoms with van der Waals surface area (Å²) in [7, 11) is 0. The lowest BCUT2D eigenvalue weighted by Gasteiger charge is -2.12. The van der Waals surface area contributed by atoms with E-state index in [1.54, 1.807) is 0 Å². The van der Waals surface area contributed by atoms with Gasteiger partial charge in [-0.15, -0.1) is 0 Å². The van der Waals surface area contributed by atoms with Gasteiger partial charge >= 0.3 is 12.6 Å². The second-order valence-electron chi connectivity index (χ2n) is 2.93. The summed E-state index contributed by atoms with van der Waals surface area (Å²) in [6, 6.07) is 1.88. The molecule has 0 bridgehead atoms. The molecule has 94 valence electrons. The molecule has 1 atom stereocenters. The van der Waals surface area contributed by atoms with Crippen molar-refractivity contribution in [1.82, 2.24) is 0 Å². The molecule has 0 aliphatic carbocycles. The van der Waals surface area contributed by atoms with Crippen molar-refractivity contribution in [2.45, 2.75) is 12.7 Å². The monoisotopic (exact) mass is 286 g/mol. The van der Waals surface area contributed by atoms with Crippen LogP contribution in [0, 0.1) is 0 Å². The van der Waals surface area contributed by atoms with Gasteiger partial charge < -0.3 is 14.9 Å². The Balaban J connectivity index is 3.19. The molecule has 17 heavy (non-hydrogen) atoms. The number of ether oxygens (including phenoxy) is 1. The van der Waals surface area contributed by atoms with Crippen molar-refractivity contribution in [2.24, 2.45) is 0 Å². The lowest BCUT2D eigenvalue weighted by Crippen LogP contribution is -2.12. The summed E-state index contributed by atoms with van der Waals surface area (Å²) in [6.45, 7) is -3.10. The van der Waals surface area contributed by atoms with Crippen LogP contribution in [0.1, 0.15) is 11.7 Å². The quantitative estimate of drug-likeness (QED) is 0.893. The number of carboxylic acids is 1. The summed E-state index contributed by atoms with van der Waals surface area (Å²) in [4.78, 5) is 10.6. The Kier molecular flexibility index (Phi) is 4.50. The molecule has 0 fully saturated rings. The Morgan fingerprint density at radius 3 is 2.41 bits per heavy atom. The molecule has 0 aromatic heterocycles. The molecule has 1 aromatic carbocycles. The molecule has 2 N–H and O–H groups in total. The molecule has 0 aliphatic heterocycles. The van der Waals surface area contributed by atoms with Crippen LogP contribution in [-0.2, 0) is 4.79 Å². The summed E-state index contributed by atoms with van der Waals surface area (Å²) in [6.07, 6.45) is -1.97. The molecule has 0 spiro atoms. The molecule has 0 unspecified atom stereocenters. The largest absolute Gasteiger partial charge is 0.479 e. The normalized spacial score (nSPS) is 12.6. The van der Waals surface area contributed by atoms with Gasteiger partial charge in [-0.3, -0.25) is 0 Å². The Morgan fingerprint density at radius 1 is 1.35 bits per heavy atom. The predicted molar refractivity (Wildman–Crippen MR) is 55.7 cm³/mol. The molecule has 1 rings (SSSR count). The maximum Gasteiger partial charge on any atom is 0.387 e. The van der Waals surface area contributed by atoms with Gasteiger partial charge in [0.05, 0.1) is 10.0 Å². The van der Waals surface area contributed by atoms with Crippen LogP contribution in [0.4, 0.5) is 8.78 Å². The van der Waals surface area contributed by atoms with Gasteiger partial charge in [0.2, 0.25) is 0 Å². The highest BCUT2D eigenvalue weighted by Gasteiger charge is 2.22. The molecule has 0 aliphatic rings. The topological polar surface area (TPSA) is 66.8 Å². The Bertz CT molecular complexity index is 439. The third kappa shape index (κ3) is 3.42. The van der Waals surface area contributed by atoms with Gasteiger partial charge in [-0.25, -0.2) is 4.79 Å². The van der Waals surface area contributed by atoms with Crippen LogP contribution in [0.2, 0.25) is 10.0 Å². The van der Waals surface area contributed by atoms with Gasteiger partial charge in [-0.05, 0) is 6.07 Å². The first-order valence-electron chi connectivity index (χ1n) is 4.17. The third-order valence-corrected chi connectivity index (χ3v) is 2.60. The van der Waals surface area contributed by atoms with Gasteiger partial charge in [-0.2, -0.15) is 8.78 Å². The highest BCUT2D eigenvalue weighted by molar-refractivity contribution is 6.42. The van der Waals surface area contributed by atoms with E-state index in [1.165, 1.54) is 0 Å². The van der Waals surface area contributed by atoms with Crippen molar-refractivity contribution in [3.8, 4) is 5.75 Å². The zero-order valence-electron chi connectivity index (χ0n) is 8.03. The number of aliphatic carboxylic acids is 1. The molecule has 0 saturated carbocycles. The molecular formula is C9H6Cl2F2O4.